The second-order valence-corrected chi connectivity index (χ2v) is 13.6. The van der Waals surface area contributed by atoms with Gasteiger partial charge in [0, 0.05) is 41.6 Å². The average Bonchev–Trinajstić information content (AvgIpc) is 3.68. The highest BCUT2D eigenvalue weighted by atomic mass is 16.5. The van der Waals surface area contributed by atoms with Crippen LogP contribution in [0.4, 0.5) is 0 Å². The number of piperidine rings is 2. The van der Waals surface area contributed by atoms with Gasteiger partial charge in [0.15, 0.2) is 0 Å². The molecule has 16 heteroatoms. The SMILES string of the molecule is NC(COCCOCCOCC#Cc1cccc2c1CN(C1CCC(=O)NC1=O)C2=O)NCCCCOc1cccc2c1CN(C1CCC(=O)NC1=O)C2=O. The second-order valence-electron chi connectivity index (χ2n) is 13.6. The van der Waals surface area contributed by atoms with Gasteiger partial charge in [-0.05, 0) is 62.1 Å². The Morgan fingerprint density at radius 2 is 1.35 bits per heavy atom. The fourth-order valence-corrected chi connectivity index (χ4v) is 6.95. The predicted molar refractivity (Wildman–Crippen MR) is 195 cm³/mol. The van der Waals surface area contributed by atoms with Crippen LogP contribution in [0.1, 0.15) is 75.9 Å². The van der Waals surface area contributed by atoms with Crippen LogP contribution >= 0.6 is 0 Å². The van der Waals surface area contributed by atoms with Gasteiger partial charge in [0.2, 0.25) is 23.6 Å². The molecule has 2 fully saturated rings. The van der Waals surface area contributed by atoms with Gasteiger partial charge in [0.05, 0.1) is 52.4 Å². The number of unbranched alkanes of at least 4 members (excludes halogenated alkanes) is 1. The van der Waals surface area contributed by atoms with Crippen LogP contribution in [0.25, 0.3) is 0 Å². The van der Waals surface area contributed by atoms with E-state index in [1.165, 1.54) is 9.80 Å². The molecule has 6 amide bonds. The summed E-state index contributed by atoms with van der Waals surface area (Å²) in [4.78, 5) is 76.7. The van der Waals surface area contributed by atoms with Crippen molar-refractivity contribution in [1.29, 1.82) is 0 Å². The maximum atomic E-state index is 13.0. The van der Waals surface area contributed by atoms with E-state index >= 15 is 0 Å². The van der Waals surface area contributed by atoms with E-state index in [-0.39, 0.29) is 62.3 Å². The number of carbonyl (C=O) groups is 6. The van der Waals surface area contributed by atoms with E-state index in [1.54, 1.807) is 24.3 Å². The number of carbonyl (C=O) groups excluding carboxylic acids is 6. The predicted octanol–water partition coefficient (Wildman–Crippen LogP) is 0.344. The Balaban J connectivity index is 0.777. The molecule has 292 valence electrons. The molecule has 4 aliphatic heterocycles. The van der Waals surface area contributed by atoms with Crippen molar-refractivity contribution in [3.05, 3.63) is 64.2 Å². The van der Waals surface area contributed by atoms with Crippen molar-refractivity contribution in [1.82, 2.24) is 25.8 Å². The molecule has 4 aliphatic rings. The Hall–Kier alpha value is -5.18. The fourth-order valence-electron chi connectivity index (χ4n) is 6.95. The molecule has 3 atom stereocenters. The molecular formula is C39H46N6O10. The quantitative estimate of drug-likeness (QED) is 0.0703. The van der Waals surface area contributed by atoms with Crippen molar-refractivity contribution in [2.75, 3.05) is 52.8 Å². The topological polar surface area (TPSA) is 208 Å². The van der Waals surface area contributed by atoms with Crippen LogP contribution in [0.15, 0.2) is 36.4 Å². The smallest absolute Gasteiger partial charge is 0.255 e. The monoisotopic (exact) mass is 758 g/mol. The van der Waals surface area contributed by atoms with E-state index in [1.807, 2.05) is 12.1 Å². The van der Waals surface area contributed by atoms with Crippen LogP contribution in [0, 0.1) is 11.8 Å². The van der Waals surface area contributed by atoms with Gasteiger partial charge in [-0.15, -0.1) is 0 Å². The average molecular weight is 759 g/mol. The van der Waals surface area contributed by atoms with E-state index in [9.17, 15) is 28.8 Å². The maximum Gasteiger partial charge on any atom is 0.255 e. The zero-order valence-electron chi connectivity index (χ0n) is 30.6. The minimum Gasteiger partial charge on any atom is -0.493 e. The van der Waals surface area contributed by atoms with Crippen LogP contribution in [0.2, 0.25) is 0 Å². The largest absolute Gasteiger partial charge is 0.493 e. The Morgan fingerprint density at radius 3 is 2.02 bits per heavy atom. The second kappa shape index (κ2) is 18.9. The molecule has 6 rings (SSSR count). The number of hydrogen-bond acceptors (Lipinski definition) is 12. The lowest BCUT2D eigenvalue weighted by atomic mass is 10.0. The molecule has 0 aliphatic carbocycles. The first-order valence-electron chi connectivity index (χ1n) is 18.6. The van der Waals surface area contributed by atoms with E-state index < -0.39 is 23.9 Å². The Labute approximate surface area is 318 Å². The molecule has 55 heavy (non-hydrogen) atoms. The molecule has 2 aromatic rings. The van der Waals surface area contributed by atoms with Crippen LogP contribution < -0.4 is 26.4 Å². The molecule has 2 saturated heterocycles. The number of amides is 6. The normalized spacial score (nSPS) is 19.8. The number of rotatable bonds is 18. The van der Waals surface area contributed by atoms with Crippen LogP contribution in [0.5, 0.6) is 5.75 Å². The molecule has 3 unspecified atom stereocenters. The van der Waals surface area contributed by atoms with E-state index in [2.05, 4.69) is 27.8 Å². The number of hydrogen-bond donors (Lipinski definition) is 4. The molecule has 16 nitrogen and oxygen atoms in total. The molecule has 2 aromatic carbocycles. The number of imide groups is 2. The summed E-state index contributed by atoms with van der Waals surface area (Å²) in [5, 5.41) is 7.85. The van der Waals surface area contributed by atoms with Crippen molar-refractivity contribution >= 4 is 35.4 Å². The lowest BCUT2D eigenvalue weighted by molar-refractivity contribution is -0.138. The first kappa shape index (κ1) is 39.5. The van der Waals surface area contributed by atoms with Gasteiger partial charge in [-0.3, -0.25) is 39.4 Å². The summed E-state index contributed by atoms with van der Waals surface area (Å²) in [7, 11) is 0. The summed E-state index contributed by atoms with van der Waals surface area (Å²) < 4.78 is 22.7. The Bertz CT molecular complexity index is 1860. The van der Waals surface area contributed by atoms with Crippen molar-refractivity contribution < 1.29 is 47.7 Å². The van der Waals surface area contributed by atoms with Crippen molar-refractivity contribution in [2.24, 2.45) is 5.73 Å². The number of ether oxygens (including phenoxy) is 4. The molecule has 5 N–H and O–H groups in total. The highest BCUT2D eigenvalue weighted by molar-refractivity contribution is 6.06. The van der Waals surface area contributed by atoms with Gasteiger partial charge in [-0.2, -0.15) is 0 Å². The van der Waals surface area contributed by atoms with Crippen LogP contribution in [-0.2, 0) is 46.5 Å². The third-order valence-corrected chi connectivity index (χ3v) is 9.80. The highest BCUT2D eigenvalue weighted by Gasteiger charge is 2.41. The van der Waals surface area contributed by atoms with E-state index in [0.29, 0.717) is 81.5 Å². The van der Waals surface area contributed by atoms with Gasteiger partial charge in [-0.1, -0.05) is 24.0 Å². The number of nitrogens with one attached hydrogen (secondary N) is 3. The lowest BCUT2D eigenvalue weighted by Gasteiger charge is -2.29. The van der Waals surface area contributed by atoms with Gasteiger partial charge < -0.3 is 39.8 Å². The van der Waals surface area contributed by atoms with Crippen LogP contribution in [-0.4, -0.2) is 116 Å². The standard InChI is InChI=1S/C39H46N6O10/c40-33(41-15-1-2-17-55-32-10-4-9-27-29(32)23-45(39(27)51)31-12-14-35(47)43-37(31)49)24-54-21-20-53-19-18-52-16-5-7-25-6-3-8-26-28(25)22-44(38(26)50)30-11-13-34(46)42-36(30)48/h3-4,6,8-10,30-31,33,41H,1-2,11-24,40H2,(H,42,46,48)(H,43,47,49). The third kappa shape index (κ3) is 9.93. The summed E-state index contributed by atoms with van der Waals surface area (Å²) in [6.45, 7) is 3.63. The van der Waals surface area contributed by atoms with Crippen molar-refractivity contribution in [3.8, 4) is 17.6 Å². The molecule has 0 radical (unpaired) electrons. The molecule has 4 heterocycles. The fraction of sp³-hybridized carbons (Fsp3) is 0.487. The molecule has 0 saturated carbocycles. The number of fused-ring (bicyclic) bond motifs is 2. The van der Waals surface area contributed by atoms with Gasteiger partial charge >= 0.3 is 0 Å². The van der Waals surface area contributed by atoms with E-state index in [0.717, 1.165) is 24.0 Å². The summed E-state index contributed by atoms with van der Waals surface area (Å²) in [6, 6.07) is 9.30. The molecular weight excluding hydrogens is 712 g/mol. The molecule has 0 aromatic heterocycles. The van der Waals surface area contributed by atoms with Crippen molar-refractivity contribution in [3.63, 3.8) is 0 Å². The summed E-state index contributed by atoms with van der Waals surface area (Å²) in [5.41, 5.74) is 9.37. The first-order valence-corrected chi connectivity index (χ1v) is 18.6. The molecule has 0 bridgehead atoms. The highest BCUT2D eigenvalue weighted by Crippen LogP contribution is 2.34. The zero-order valence-corrected chi connectivity index (χ0v) is 30.6. The number of nitrogens with two attached hydrogens (primary N) is 1. The Morgan fingerprint density at radius 1 is 0.745 bits per heavy atom. The van der Waals surface area contributed by atoms with Gasteiger partial charge in [0.25, 0.3) is 11.8 Å². The van der Waals surface area contributed by atoms with Crippen LogP contribution in [0.3, 0.4) is 0 Å². The van der Waals surface area contributed by atoms with Gasteiger partial charge in [0.1, 0.15) is 24.4 Å². The molecule has 0 spiro atoms. The first-order chi connectivity index (χ1) is 26.7. The van der Waals surface area contributed by atoms with Crippen molar-refractivity contribution in [2.45, 2.75) is 69.9 Å². The number of nitrogens with zero attached hydrogens (tertiary/aromatic N) is 2. The minimum atomic E-state index is -0.673. The summed E-state index contributed by atoms with van der Waals surface area (Å²) >= 11 is 0. The Kier molecular flexibility index (Phi) is 13.6. The zero-order chi connectivity index (χ0) is 38.7. The lowest BCUT2D eigenvalue weighted by Crippen LogP contribution is -2.52. The summed E-state index contributed by atoms with van der Waals surface area (Å²) in [5.74, 6) is 4.67. The number of benzene rings is 2. The van der Waals surface area contributed by atoms with E-state index in [4.69, 9.17) is 24.7 Å². The summed E-state index contributed by atoms with van der Waals surface area (Å²) in [6.07, 6.45) is 2.26. The van der Waals surface area contributed by atoms with Gasteiger partial charge in [-0.25, -0.2) is 0 Å². The third-order valence-electron chi connectivity index (χ3n) is 9.80. The minimum absolute atomic E-state index is 0.182. The maximum absolute atomic E-state index is 13.0.